The number of sulfonamides is 1. The lowest BCUT2D eigenvalue weighted by atomic mass is 10.1. The minimum Gasteiger partial charge on any atom is -0.492 e. The zero-order chi connectivity index (χ0) is 18.4. The second-order valence-electron chi connectivity index (χ2n) is 5.99. The number of amides is 2. The van der Waals surface area contributed by atoms with E-state index >= 15 is 0 Å². The van der Waals surface area contributed by atoms with Crippen molar-refractivity contribution in [2.75, 3.05) is 45.0 Å². The predicted molar refractivity (Wildman–Crippen MR) is 95.3 cm³/mol. The van der Waals surface area contributed by atoms with Crippen LogP contribution >= 0.6 is 0 Å². The Morgan fingerprint density at radius 1 is 1.32 bits per heavy atom. The lowest BCUT2D eigenvalue weighted by Gasteiger charge is -2.21. The highest BCUT2D eigenvalue weighted by molar-refractivity contribution is 7.89. The van der Waals surface area contributed by atoms with Gasteiger partial charge in [-0.05, 0) is 19.1 Å². The molecule has 0 radical (unpaired) electrons. The van der Waals surface area contributed by atoms with Gasteiger partial charge in [0.05, 0.1) is 37.3 Å². The van der Waals surface area contributed by atoms with Crippen molar-refractivity contribution in [3.8, 4) is 5.75 Å². The molecule has 0 saturated carbocycles. The quantitative estimate of drug-likeness (QED) is 0.748. The maximum absolute atomic E-state index is 12.3. The second-order valence-corrected chi connectivity index (χ2v) is 8.22. The van der Waals surface area contributed by atoms with E-state index in [1.807, 2.05) is 13.0 Å². The average molecular weight is 371 g/mol. The van der Waals surface area contributed by atoms with Crippen LogP contribution in [0.2, 0.25) is 0 Å². The maximum atomic E-state index is 12.3. The first-order chi connectivity index (χ1) is 11.8. The minimum absolute atomic E-state index is 0.0690. The first kappa shape index (κ1) is 19.5. The number of nitrogens with zero attached hydrogens (tertiary/aromatic N) is 1. The summed E-state index contributed by atoms with van der Waals surface area (Å²) in [5, 5.41) is 5.53. The van der Waals surface area contributed by atoms with Gasteiger partial charge in [-0.25, -0.2) is 17.5 Å². The summed E-state index contributed by atoms with van der Waals surface area (Å²) in [7, 11) is -0.380. The summed E-state index contributed by atoms with van der Waals surface area (Å²) in [5.41, 5.74) is 0.554. The second kappa shape index (κ2) is 8.50. The number of para-hydroxylation sites is 2. The molecule has 0 bridgehead atoms. The van der Waals surface area contributed by atoms with Gasteiger partial charge in [-0.3, -0.25) is 0 Å². The van der Waals surface area contributed by atoms with Gasteiger partial charge < -0.3 is 20.1 Å². The number of carbonyl (C=O) groups is 1. The van der Waals surface area contributed by atoms with E-state index in [0.717, 1.165) is 0 Å². The molecular formula is C16H25N3O5S. The van der Waals surface area contributed by atoms with Crippen molar-refractivity contribution in [1.82, 2.24) is 9.62 Å². The van der Waals surface area contributed by atoms with Crippen molar-refractivity contribution in [2.45, 2.75) is 13.0 Å². The van der Waals surface area contributed by atoms with Crippen LogP contribution in [0.15, 0.2) is 24.3 Å². The molecule has 2 atom stereocenters. The summed E-state index contributed by atoms with van der Waals surface area (Å²) < 4.78 is 36.1. The fourth-order valence-corrected chi connectivity index (χ4v) is 3.69. The van der Waals surface area contributed by atoms with Crippen LogP contribution in [0.4, 0.5) is 10.5 Å². The van der Waals surface area contributed by atoms with Gasteiger partial charge in [-0.15, -0.1) is 0 Å². The van der Waals surface area contributed by atoms with Crippen LogP contribution in [0.1, 0.15) is 6.92 Å². The third kappa shape index (κ3) is 5.32. The lowest BCUT2D eigenvalue weighted by molar-refractivity contribution is 0.184. The maximum Gasteiger partial charge on any atom is 0.319 e. The molecule has 8 nitrogen and oxygen atoms in total. The zero-order valence-electron chi connectivity index (χ0n) is 14.7. The molecule has 9 heteroatoms. The van der Waals surface area contributed by atoms with Crippen LogP contribution in [-0.4, -0.2) is 64.5 Å². The minimum atomic E-state index is -3.36. The SMILES string of the molecule is CCOc1ccccc1NC(=O)N[C@@H]1COC[C@H]1CS(=O)(=O)N(C)C. The molecule has 1 aliphatic heterocycles. The fourth-order valence-electron chi connectivity index (χ4n) is 2.52. The Labute approximate surface area is 148 Å². The van der Waals surface area contributed by atoms with Crippen molar-refractivity contribution in [3.05, 3.63) is 24.3 Å². The Bertz CT molecular complexity index is 693. The molecule has 1 fully saturated rings. The lowest BCUT2D eigenvalue weighted by Crippen LogP contribution is -2.45. The zero-order valence-corrected chi connectivity index (χ0v) is 15.5. The van der Waals surface area contributed by atoms with E-state index < -0.39 is 16.1 Å². The van der Waals surface area contributed by atoms with Gasteiger partial charge >= 0.3 is 6.03 Å². The van der Waals surface area contributed by atoms with Crippen LogP contribution in [0.5, 0.6) is 5.75 Å². The third-order valence-electron chi connectivity index (χ3n) is 3.93. The highest BCUT2D eigenvalue weighted by Gasteiger charge is 2.34. The van der Waals surface area contributed by atoms with Crippen LogP contribution in [0.25, 0.3) is 0 Å². The fraction of sp³-hybridized carbons (Fsp3) is 0.562. The average Bonchev–Trinajstić information content (AvgIpc) is 2.95. The van der Waals surface area contributed by atoms with Crippen LogP contribution in [0, 0.1) is 5.92 Å². The van der Waals surface area contributed by atoms with E-state index in [1.165, 1.54) is 18.4 Å². The Morgan fingerprint density at radius 3 is 2.72 bits per heavy atom. The Kier molecular flexibility index (Phi) is 6.63. The largest absolute Gasteiger partial charge is 0.492 e. The Morgan fingerprint density at radius 2 is 2.04 bits per heavy atom. The molecule has 25 heavy (non-hydrogen) atoms. The number of ether oxygens (including phenoxy) is 2. The van der Waals surface area contributed by atoms with E-state index in [2.05, 4.69) is 10.6 Å². The molecule has 1 aliphatic rings. The summed E-state index contributed by atoms with van der Waals surface area (Å²) in [6.07, 6.45) is 0. The normalized spacial score (nSPS) is 20.5. The summed E-state index contributed by atoms with van der Waals surface area (Å²) in [6, 6.07) is 6.34. The van der Waals surface area contributed by atoms with E-state index in [4.69, 9.17) is 9.47 Å². The number of anilines is 1. The van der Waals surface area contributed by atoms with Gasteiger partial charge in [-0.2, -0.15) is 0 Å². The summed E-state index contributed by atoms with van der Waals surface area (Å²) in [6.45, 7) is 2.94. The van der Waals surface area contributed by atoms with E-state index in [0.29, 0.717) is 24.7 Å². The van der Waals surface area contributed by atoms with Crippen LogP contribution in [0.3, 0.4) is 0 Å². The first-order valence-electron chi connectivity index (χ1n) is 8.10. The molecule has 1 aromatic rings. The molecular weight excluding hydrogens is 346 g/mol. The molecule has 2 amide bonds. The molecule has 1 heterocycles. The van der Waals surface area contributed by atoms with Crippen molar-refractivity contribution >= 4 is 21.7 Å². The summed E-state index contributed by atoms with van der Waals surface area (Å²) >= 11 is 0. The summed E-state index contributed by atoms with van der Waals surface area (Å²) in [4.78, 5) is 12.3. The van der Waals surface area contributed by atoms with Gasteiger partial charge in [0, 0.05) is 20.0 Å². The third-order valence-corrected chi connectivity index (χ3v) is 5.89. The van der Waals surface area contributed by atoms with E-state index in [1.54, 1.807) is 18.2 Å². The number of carbonyl (C=O) groups excluding carboxylic acids is 1. The molecule has 0 aromatic heterocycles. The van der Waals surface area contributed by atoms with Crippen molar-refractivity contribution in [3.63, 3.8) is 0 Å². The number of urea groups is 1. The number of nitrogens with one attached hydrogen (secondary N) is 2. The van der Waals surface area contributed by atoms with Gasteiger partial charge in [0.25, 0.3) is 0 Å². The van der Waals surface area contributed by atoms with Gasteiger partial charge in [-0.1, -0.05) is 12.1 Å². The highest BCUT2D eigenvalue weighted by atomic mass is 32.2. The Hall–Kier alpha value is -1.84. The molecule has 0 aliphatic carbocycles. The van der Waals surface area contributed by atoms with Gasteiger partial charge in [0.1, 0.15) is 5.75 Å². The molecule has 1 saturated heterocycles. The summed E-state index contributed by atoms with van der Waals surface area (Å²) in [5.74, 6) is 0.218. The van der Waals surface area contributed by atoms with Gasteiger partial charge in [0.15, 0.2) is 0 Å². The number of benzene rings is 1. The molecule has 140 valence electrons. The van der Waals surface area contributed by atoms with Crippen LogP contribution in [-0.2, 0) is 14.8 Å². The standard InChI is InChI=1S/C16H25N3O5S/c1-4-24-15-8-6-5-7-13(15)17-16(20)18-14-10-23-9-12(14)11-25(21,22)19(2)3/h5-8,12,14H,4,9-11H2,1-3H3,(H2,17,18,20)/t12-,14+/m0/s1. The molecule has 2 rings (SSSR count). The van der Waals surface area contributed by atoms with Crippen molar-refractivity contribution in [1.29, 1.82) is 0 Å². The Balaban J connectivity index is 1.98. The van der Waals surface area contributed by atoms with Crippen molar-refractivity contribution in [2.24, 2.45) is 5.92 Å². The highest BCUT2D eigenvalue weighted by Crippen LogP contribution is 2.24. The predicted octanol–water partition coefficient (Wildman–Crippen LogP) is 1.11. The van der Waals surface area contributed by atoms with Crippen LogP contribution < -0.4 is 15.4 Å². The molecule has 0 spiro atoms. The molecule has 2 N–H and O–H groups in total. The topological polar surface area (TPSA) is 97.0 Å². The molecule has 1 aromatic carbocycles. The monoisotopic (exact) mass is 371 g/mol. The van der Waals surface area contributed by atoms with E-state index in [-0.39, 0.29) is 24.3 Å². The number of hydrogen-bond acceptors (Lipinski definition) is 5. The van der Waals surface area contributed by atoms with E-state index in [9.17, 15) is 13.2 Å². The number of rotatable bonds is 7. The number of hydrogen-bond donors (Lipinski definition) is 2. The smallest absolute Gasteiger partial charge is 0.319 e. The molecule has 0 unspecified atom stereocenters. The van der Waals surface area contributed by atoms with Crippen molar-refractivity contribution < 1.29 is 22.7 Å². The van der Waals surface area contributed by atoms with Gasteiger partial charge in [0.2, 0.25) is 10.0 Å². The first-order valence-corrected chi connectivity index (χ1v) is 9.71.